The number of nitrogens with zero attached hydrogens (tertiary/aromatic N) is 3. The first-order valence-corrected chi connectivity index (χ1v) is 9.04. The van der Waals surface area contributed by atoms with Gasteiger partial charge in [0.1, 0.15) is 11.6 Å². The first kappa shape index (κ1) is 17.0. The van der Waals surface area contributed by atoms with Crippen LogP contribution in [0.5, 0.6) is 0 Å². The maximum absolute atomic E-state index is 13.8. The van der Waals surface area contributed by atoms with Crippen LogP contribution in [0.1, 0.15) is 42.9 Å². The van der Waals surface area contributed by atoms with Gasteiger partial charge < -0.3 is 8.94 Å². The van der Waals surface area contributed by atoms with Gasteiger partial charge in [-0.1, -0.05) is 30.1 Å². The highest BCUT2D eigenvalue weighted by Crippen LogP contribution is 2.27. The van der Waals surface area contributed by atoms with E-state index in [9.17, 15) is 4.39 Å². The lowest BCUT2D eigenvalue weighted by atomic mass is 10.1. The Hall–Kier alpha value is -2.47. The van der Waals surface area contributed by atoms with Crippen molar-refractivity contribution in [3.63, 3.8) is 0 Å². The summed E-state index contributed by atoms with van der Waals surface area (Å²) in [7, 11) is 0. The van der Waals surface area contributed by atoms with E-state index in [1.165, 1.54) is 31.7 Å². The van der Waals surface area contributed by atoms with Gasteiger partial charge in [0.05, 0.1) is 19.4 Å². The Bertz CT molecular complexity index is 854. The van der Waals surface area contributed by atoms with Gasteiger partial charge in [0, 0.05) is 11.6 Å². The van der Waals surface area contributed by atoms with Crippen LogP contribution in [0.3, 0.4) is 0 Å². The van der Waals surface area contributed by atoms with Crippen LogP contribution in [0, 0.1) is 12.7 Å². The second-order valence-electron chi connectivity index (χ2n) is 6.90. The molecule has 136 valence electrons. The topological polar surface area (TPSA) is 55.3 Å². The molecule has 1 fully saturated rings. The Morgan fingerprint density at radius 2 is 2.04 bits per heavy atom. The van der Waals surface area contributed by atoms with E-state index in [1.807, 2.05) is 18.2 Å². The molecule has 1 aliphatic carbocycles. The first-order chi connectivity index (χ1) is 12.7. The van der Waals surface area contributed by atoms with Crippen molar-refractivity contribution in [3.8, 4) is 11.4 Å². The minimum absolute atomic E-state index is 0.265. The van der Waals surface area contributed by atoms with Crippen LogP contribution in [0.25, 0.3) is 11.4 Å². The maximum atomic E-state index is 13.8. The average molecular weight is 355 g/mol. The molecule has 1 aliphatic rings. The number of benzene rings is 1. The number of hydrogen-bond donors (Lipinski definition) is 0. The van der Waals surface area contributed by atoms with Gasteiger partial charge >= 0.3 is 0 Å². The van der Waals surface area contributed by atoms with Crippen LogP contribution in [0.4, 0.5) is 4.39 Å². The van der Waals surface area contributed by atoms with Crippen LogP contribution in [0.15, 0.2) is 45.5 Å². The molecule has 3 aromatic rings. The Labute approximate surface area is 151 Å². The van der Waals surface area contributed by atoms with Crippen molar-refractivity contribution in [2.24, 2.45) is 0 Å². The number of aryl methyl sites for hydroxylation is 1. The fraction of sp³-hybridized carbons (Fsp3) is 0.400. The van der Waals surface area contributed by atoms with E-state index in [2.05, 4.69) is 15.0 Å². The van der Waals surface area contributed by atoms with Gasteiger partial charge in [-0.2, -0.15) is 4.98 Å². The summed E-state index contributed by atoms with van der Waals surface area (Å²) < 4.78 is 24.7. The van der Waals surface area contributed by atoms with Crippen LogP contribution in [-0.4, -0.2) is 21.1 Å². The highest BCUT2D eigenvalue weighted by molar-refractivity contribution is 5.54. The number of halogens is 1. The highest BCUT2D eigenvalue weighted by Gasteiger charge is 2.25. The van der Waals surface area contributed by atoms with E-state index in [0.717, 1.165) is 5.76 Å². The highest BCUT2D eigenvalue weighted by atomic mass is 19.1. The van der Waals surface area contributed by atoms with E-state index in [1.54, 1.807) is 19.3 Å². The zero-order chi connectivity index (χ0) is 17.9. The molecule has 0 saturated heterocycles. The zero-order valence-corrected chi connectivity index (χ0v) is 14.8. The monoisotopic (exact) mass is 355 g/mol. The molecule has 6 heteroatoms. The lowest BCUT2D eigenvalue weighted by Gasteiger charge is -2.26. The molecule has 0 N–H and O–H groups in total. The van der Waals surface area contributed by atoms with Crippen molar-refractivity contribution in [1.29, 1.82) is 0 Å². The minimum Gasteiger partial charge on any atom is -0.468 e. The summed E-state index contributed by atoms with van der Waals surface area (Å²) in [5.74, 6) is 1.62. The van der Waals surface area contributed by atoms with E-state index >= 15 is 0 Å². The molecule has 0 atom stereocenters. The fourth-order valence-electron chi connectivity index (χ4n) is 3.53. The third-order valence-corrected chi connectivity index (χ3v) is 5.02. The smallest absolute Gasteiger partial charge is 0.241 e. The molecule has 1 saturated carbocycles. The molecular formula is C20H22FN3O2. The van der Waals surface area contributed by atoms with Crippen LogP contribution >= 0.6 is 0 Å². The summed E-state index contributed by atoms with van der Waals surface area (Å²) in [6.07, 6.45) is 6.53. The summed E-state index contributed by atoms with van der Waals surface area (Å²) in [5.41, 5.74) is 1.23. The van der Waals surface area contributed by atoms with E-state index in [-0.39, 0.29) is 5.82 Å². The van der Waals surface area contributed by atoms with Crippen molar-refractivity contribution in [1.82, 2.24) is 15.0 Å². The van der Waals surface area contributed by atoms with Gasteiger partial charge in [0.25, 0.3) is 0 Å². The summed E-state index contributed by atoms with van der Waals surface area (Å²) in [6, 6.07) is 9.36. The van der Waals surface area contributed by atoms with Gasteiger partial charge in [-0.25, -0.2) is 4.39 Å². The molecule has 1 aromatic carbocycles. The van der Waals surface area contributed by atoms with Crippen molar-refractivity contribution < 1.29 is 13.3 Å². The van der Waals surface area contributed by atoms with Crippen LogP contribution < -0.4 is 0 Å². The van der Waals surface area contributed by atoms with Gasteiger partial charge in [-0.3, -0.25) is 4.90 Å². The molecule has 0 bridgehead atoms. The van der Waals surface area contributed by atoms with Crippen molar-refractivity contribution in [3.05, 3.63) is 59.6 Å². The standard InChI is InChI=1S/C20H22FN3O2/c1-14-8-9-15(11-18(14)21)20-22-19(26-23-20)13-24(16-5-2-3-6-16)12-17-7-4-10-25-17/h4,7-11,16H,2-3,5-6,12-13H2,1H3. The molecule has 0 unspecified atom stereocenters. The summed E-state index contributed by atoms with van der Waals surface area (Å²) in [5, 5.41) is 4.03. The Morgan fingerprint density at radius 3 is 2.77 bits per heavy atom. The molecular weight excluding hydrogens is 333 g/mol. The molecule has 5 nitrogen and oxygen atoms in total. The number of hydrogen-bond acceptors (Lipinski definition) is 5. The lowest BCUT2D eigenvalue weighted by Crippen LogP contribution is -2.32. The number of aromatic nitrogens is 2. The van der Waals surface area contributed by atoms with Crippen molar-refractivity contribution >= 4 is 0 Å². The second kappa shape index (κ2) is 7.41. The SMILES string of the molecule is Cc1ccc(-c2noc(CN(Cc3ccco3)C3CCCC3)n2)cc1F. The molecule has 0 spiro atoms. The lowest BCUT2D eigenvalue weighted by molar-refractivity contribution is 0.146. The molecule has 0 aliphatic heterocycles. The normalized spacial score (nSPS) is 15.2. The molecule has 26 heavy (non-hydrogen) atoms. The summed E-state index contributed by atoms with van der Waals surface area (Å²) in [4.78, 5) is 6.81. The predicted molar refractivity (Wildman–Crippen MR) is 94.6 cm³/mol. The quantitative estimate of drug-likeness (QED) is 0.640. The third-order valence-electron chi connectivity index (χ3n) is 5.02. The summed E-state index contributed by atoms with van der Waals surface area (Å²) >= 11 is 0. The number of furan rings is 1. The number of rotatable bonds is 6. The van der Waals surface area contributed by atoms with Gasteiger partial charge in [-0.15, -0.1) is 0 Å². The summed E-state index contributed by atoms with van der Waals surface area (Å²) in [6.45, 7) is 3.01. The molecule has 2 heterocycles. The van der Waals surface area contributed by atoms with Gasteiger partial charge in [0.2, 0.25) is 11.7 Å². The molecule has 2 aromatic heterocycles. The van der Waals surface area contributed by atoms with Crippen molar-refractivity contribution in [2.45, 2.75) is 51.7 Å². The van der Waals surface area contributed by atoms with E-state index in [0.29, 0.717) is 42.0 Å². The van der Waals surface area contributed by atoms with Crippen LogP contribution in [-0.2, 0) is 13.1 Å². The van der Waals surface area contributed by atoms with E-state index < -0.39 is 0 Å². The second-order valence-corrected chi connectivity index (χ2v) is 6.90. The molecule has 0 radical (unpaired) electrons. The van der Waals surface area contributed by atoms with Crippen LogP contribution in [0.2, 0.25) is 0 Å². The molecule has 4 rings (SSSR count). The fourth-order valence-corrected chi connectivity index (χ4v) is 3.53. The first-order valence-electron chi connectivity index (χ1n) is 9.04. The average Bonchev–Trinajstić information content (AvgIpc) is 3.39. The minimum atomic E-state index is -0.265. The molecule has 0 amide bonds. The van der Waals surface area contributed by atoms with E-state index in [4.69, 9.17) is 8.94 Å². The Morgan fingerprint density at radius 1 is 1.19 bits per heavy atom. The zero-order valence-electron chi connectivity index (χ0n) is 14.8. The van der Waals surface area contributed by atoms with Gasteiger partial charge in [-0.05, 0) is 43.5 Å². The van der Waals surface area contributed by atoms with Gasteiger partial charge in [0.15, 0.2) is 0 Å². The third kappa shape index (κ3) is 3.70. The largest absolute Gasteiger partial charge is 0.468 e. The Balaban J connectivity index is 1.52. The Kier molecular flexibility index (Phi) is 4.84. The predicted octanol–water partition coefficient (Wildman–Crippen LogP) is 4.72. The van der Waals surface area contributed by atoms with Crippen molar-refractivity contribution in [2.75, 3.05) is 0 Å². The maximum Gasteiger partial charge on any atom is 0.241 e.